The predicted octanol–water partition coefficient (Wildman–Crippen LogP) is 1.62. The van der Waals surface area contributed by atoms with Crippen LogP contribution in [0.2, 0.25) is 0 Å². The van der Waals surface area contributed by atoms with Crippen molar-refractivity contribution in [3.63, 3.8) is 0 Å². The van der Waals surface area contributed by atoms with Gasteiger partial charge in [0.25, 0.3) is 0 Å². The molecule has 0 aliphatic rings. The molecule has 5 heteroatoms. The van der Waals surface area contributed by atoms with Gasteiger partial charge in [-0.2, -0.15) is 0 Å². The first-order valence-corrected chi connectivity index (χ1v) is 6.53. The fourth-order valence-corrected chi connectivity index (χ4v) is 1.91. The van der Waals surface area contributed by atoms with Crippen LogP contribution in [-0.2, 0) is 16.0 Å². The van der Waals surface area contributed by atoms with Gasteiger partial charge in [-0.3, -0.25) is 9.59 Å². The molecule has 0 fully saturated rings. The summed E-state index contributed by atoms with van der Waals surface area (Å²) in [7, 11) is 0. The molecule has 18 heavy (non-hydrogen) atoms. The lowest BCUT2D eigenvalue weighted by Gasteiger charge is -2.17. The molecule has 2 amide bonds. The SMILES string of the molecule is CC(C)C(=O)N[C@H](Cc1cccc(Br)c1)C(N)=O. The van der Waals surface area contributed by atoms with Crippen LogP contribution in [-0.4, -0.2) is 17.9 Å². The third-order valence-electron chi connectivity index (χ3n) is 2.51. The maximum atomic E-state index is 11.6. The molecule has 4 nitrogen and oxygen atoms in total. The van der Waals surface area contributed by atoms with E-state index in [0.29, 0.717) is 6.42 Å². The van der Waals surface area contributed by atoms with Gasteiger partial charge in [0.05, 0.1) is 0 Å². The molecule has 0 radical (unpaired) electrons. The van der Waals surface area contributed by atoms with Crippen molar-refractivity contribution in [2.45, 2.75) is 26.3 Å². The van der Waals surface area contributed by atoms with Gasteiger partial charge in [-0.25, -0.2) is 0 Å². The van der Waals surface area contributed by atoms with Crippen LogP contribution in [0, 0.1) is 5.92 Å². The van der Waals surface area contributed by atoms with Gasteiger partial charge < -0.3 is 11.1 Å². The summed E-state index contributed by atoms with van der Waals surface area (Å²) in [5.41, 5.74) is 6.25. The molecule has 1 aromatic rings. The van der Waals surface area contributed by atoms with Crippen LogP contribution < -0.4 is 11.1 Å². The van der Waals surface area contributed by atoms with Gasteiger partial charge in [0.1, 0.15) is 6.04 Å². The molecule has 3 N–H and O–H groups in total. The van der Waals surface area contributed by atoms with Crippen LogP contribution in [0.15, 0.2) is 28.7 Å². The van der Waals surface area contributed by atoms with Crippen LogP contribution in [0.25, 0.3) is 0 Å². The first-order valence-electron chi connectivity index (χ1n) is 5.74. The van der Waals surface area contributed by atoms with Crippen molar-refractivity contribution in [2.75, 3.05) is 0 Å². The quantitative estimate of drug-likeness (QED) is 0.867. The predicted molar refractivity (Wildman–Crippen MR) is 73.8 cm³/mol. The molecule has 0 spiro atoms. The Morgan fingerprint density at radius 1 is 1.39 bits per heavy atom. The highest BCUT2D eigenvalue weighted by molar-refractivity contribution is 9.10. The smallest absolute Gasteiger partial charge is 0.240 e. The molecule has 1 atom stereocenters. The molecule has 0 heterocycles. The van der Waals surface area contributed by atoms with E-state index >= 15 is 0 Å². The highest BCUT2D eigenvalue weighted by atomic mass is 79.9. The monoisotopic (exact) mass is 312 g/mol. The number of primary amides is 1. The number of halogens is 1. The zero-order valence-electron chi connectivity index (χ0n) is 10.4. The number of carbonyl (C=O) groups is 2. The average molecular weight is 313 g/mol. The summed E-state index contributed by atoms with van der Waals surface area (Å²) in [6.45, 7) is 3.54. The number of hydrogen-bond acceptors (Lipinski definition) is 2. The number of amides is 2. The van der Waals surface area contributed by atoms with E-state index in [1.54, 1.807) is 13.8 Å². The fraction of sp³-hybridized carbons (Fsp3) is 0.385. The molecule has 1 aromatic carbocycles. The van der Waals surface area contributed by atoms with Gasteiger partial charge >= 0.3 is 0 Å². The van der Waals surface area contributed by atoms with Gasteiger partial charge in [0.2, 0.25) is 11.8 Å². The van der Waals surface area contributed by atoms with Crippen LogP contribution >= 0.6 is 15.9 Å². The third kappa shape index (κ3) is 4.49. The van der Waals surface area contributed by atoms with E-state index in [2.05, 4.69) is 21.2 Å². The van der Waals surface area contributed by atoms with Crippen LogP contribution in [0.3, 0.4) is 0 Å². The summed E-state index contributed by atoms with van der Waals surface area (Å²) in [4.78, 5) is 22.9. The Kier molecular flexibility index (Phi) is 5.34. The molecule has 1 rings (SSSR count). The fourth-order valence-electron chi connectivity index (χ4n) is 1.46. The minimum Gasteiger partial charge on any atom is -0.368 e. The first kappa shape index (κ1) is 14.7. The molecular formula is C13H17BrN2O2. The van der Waals surface area contributed by atoms with Gasteiger partial charge in [-0.15, -0.1) is 0 Å². The standard InChI is InChI=1S/C13H17BrN2O2/c1-8(2)13(18)16-11(12(15)17)7-9-4-3-5-10(14)6-9/h3-6,8,11H,7H2,1-2H3,(H2,15,17)(H,16,18)/t11-/m1/s1. The second kappa shape index (κ2) is 6.54. The van der Waals surface area contributed by atoms with Crippen molar-refractivity contribution in [1.82, 2.24) is 5.32 Å². The van der Waals surface area contributed by atoms with Crippen LogP contribution in [0.1, 0.15) is 19.4 Å². The lowest BCUT2D eigenvalue weighted by Crippen LogP contribution is -2.47. The number of carbonyl (C=O) groups excluding carboxylic acids is 2. The topological polar surface area (TPSA) is 72.2 Å². The van der Waals surface area contributed by atoms with Gasteiger partial charge in [0.15, 0.2) is 0 Å². The molecule has 98 valence electrons. The van der Waals surface area contributed by atoms with Crippen molar-refractivity contribution in [3.8, 4) is 0 Å². The Morgan fingerprint density at radius 3 is 2.56 bits per heavy atom. The number of nitrogens with two attached hydrogens (primary N) is 1. The van der Waals surface area contributed by atoms with Crippen molar-refractivity contribution in [3.05, 3.63) is 34.3 Å². The Hall–Kier alpha value is -1.36. The van der Waals surface area contributed by atoms with E-state index in [0.717, 1.165) is 10.0 Å². The molecular weight excluding hydrogens is 296 g/mol. The third-order valence-corrected chi connectivity index (χ3v) is 3.01. The minimum absolute atomic E-state index is 0.172. The maximum Gasteiger partial charge on any atom is 0.240 e. The van der Waals surface area contributed by atoms with Gasteiger partial charge in [-0.1, -0.05) is 41.9 Å². The summed E-state index contributed by atoms with van der Waals surface area (Å²) in [6, 6.07) is 6.89. The summed E-state index contributed by atoms with van der Waals surface area (Å²) >= 11 is 3.36. The molecule has 0 aliphatic carbocycles. The molecule has 0 saturated carbocycles. The van der Waals surface area contributed by atoms with E-state index in [-0.39, 0.29) is 11.8 Å². The number of rotatable bonds is 5. The molecule has 0 saturated heterocycles. The largest absolute Gasteiger partial charge is 0.368 e. The second-order valence-corrected chi connectivity index (χ2v) is 5.37. The lowest BCUT2D eigenvalue weighted by atomic mass is 10.0. The van der Waals surface area contributed by atoms with E-state index in [1.807, 2.05) is 24.3 Å². The summed E-state index contributed by atoms with van der Waals surface area (Å²) in [5.74, 6) is -0.868. The summed E-state index contributed by atoms with van der Waals surface area (Å²) in [5, 5.41) is 2.66. The second-order valence-electron chi connectivity index (χ2n) is 4.45. The zero-order chi connectivity index (χ0) is 13.7. The highest BCUT2D eigenvalue weighted by Gasteiger charge is 2.19. The van der Waals surface area contributed by atoms with Crippen LogP contribution in [0.4, 0.5) is 0 Å². The molecule has 0 aromatic heterocycles. The Morgan fingerprint density at radius 2 is 2.06 bits per heavy atom. The van der Waals surface area contributed by atoms with E-state index in [4.69, 9.17) is 5.73 Å². The van der Waals surface area contributed by atoms with E-state index < -0.39 is 11.9 Å². The number of nitrogens with one attached hydrogen (secondary N) is 1. The van der Waals surface area contributed by atoms with Crippen molar-refractivity contribution >= 4 is 27.7 Å². The van der Waals surface area contributed by atoms with Crippen LogP contribution in [0.5, 0.6) is 0 Å². The average Bonchev–Trinajstić information content (AvgIpc) is 2.27. The number of hydrogen-bond donors (Lipinski definition) is 2. The summed E-state index contributed by atoms with van der Waals surface area (Å²) in [6.07, 6.45) is 0.396. The zero-order valence-corrected chi connectivity index (χ0v) is 12.0. The van der Waals surface area contributed by atoms with Gasteiger partial charge in [0, 0.05) is 16.8 Å². The normalized spacial score (nSPS) is 12.2. The Labute approximate surface area is 115 Å². The first-order chi connectivity index (χ1) is 8.40. The van der Waals surface area contributed by atoms with Crippen molar-refractivity contribution in [1.29, 1.82) is 0 Å². The van der Waals surface area contributed by atoms with E-state index in [1.165, 1.54) is 0 Å². The molecule has 0 bridgehead atoms. The molecule has 0 unspecified atom stereocenters. The maximum absolute atomic E-state index is 11.6. The number of benzene rings is 1. The lowest BCUT2D eigenvalue weighted by molar-refractivity contribution is -0.129. The highest BCUT2D eigenvalue weighted by Crippen LogP contribution is 2.13. The van der Waals surface area contributed by atoms with Crippen molar-refractivity contribution in [2.24, 2.45) is 11.7 Å². The summed E-state index contributed by atoms with van der Waals surface area (Å²) < 4.78 is 0.929. The van der Waals surface area contributed by atoms with E-state index in [9.17, 15) is 9.59 Å². The Balaban J connectivity index is 2.75. The minimum atomic E-state index is -0.672. The molecule has 0 aliphatic heterocycles. The van der Waals surface area contributed by atoms with Crippen molar-refractivity contribution < 1.29 is 9.59 Å². The Bertz CT molecular complexity index is 446. The van der Waals surface area contributed by atoms with Gasteiger partial charge in [-0.05, 0) is 17.7 Å².